The Hall–Kier alpha value is -0.120. The summed E-state index contributed by atoms with van der Waals surface area (Å²) in [5.41, 5.74) is 0. The van der Waals surface area contributed by atoms with E-state index in [9.17, 15) is 5.11 Å². The SMILES string of the molecule is OC1CCN([C@H]2[C@H]3CC[C@H]2NC3)CC1. The summed E-state index contributed by atoms with van der Waals surface area (Å²) in [6, 6.07) is 1.55. The zero-order valence-corrected chi connectivity index (χ0v) is 8.65. The standard InChI is InChI=1S/C11H20N2O/c14-9-3-5-13(6-4-9)11-8-1-2-10(11)12-7-8/h8-12,14H,1-7H2/t8-,10+,11-/m0/s1. The number of hydrogen-bond acceptors (Lipinski definition) is 3. The number of aliphatic hydroxyl groups is 1. The highest BCUT2D eigenvalue weighted by molar-refractivity contribution is 5.03. The van der Waals surface area contributed by atoms with E-state index >= 15 is 0 Å². The largest absolute Gasteiger partial charge is 0.393 e. The molecule has 3 atom stereocenters. The third kappa shape index (κ3) is 1.38. The maximum atomic E-state index is 9.47. The molecule has 3 aliphatic rings. The molecule has 2 heterocycles. The van der Waals surface area contributed by atoms with Crippen molar-refractivity contribution >= 4 is 0 Å². The van der Waals surface area contributed by atoms with Crippen LogP contribution in [0.3, 0.4) is 0 Å². The molecule has 3 rings (SSSR count). The van der Waals surface area contributed by atoms with E-state index in [1.165, 1.54) is 19.4 Å². The van der Waals surface area contributed by atoms with Crippen LogP contribution in [0.4, 0.5) is 0 Å². The summed E-state index contributed by atoms with van der Waals surface area (Å²) in [7, 11) is 0. The predicted molar refractivity (Wildman–Crippen MR) is 55.1 cm³/mol. The molecule has 14 heavy (non-hydrogen) atoms. The Labute approximate surface area is 85.5 Å². The lowest BCUT2D eigenvalue weighted by Crippen LogP contribution is -2.47. The van der Waals surface area contributed by atoms with Crippen LogP contribution in [0, 0.1) is 5.92 Å². The fraction of sp³-hybridized carbons (Fsp3) is 1.00. The monoisotopic (exact) mass is 196 g/mol. The van der Waals surface area contributed by atoms with E-state index < -0.39 is 0 Å². The van der Waals surface area contributed by atoms with Gasteiger partial charge in [-0.3, -0.25) is 4.90 Å². The van der Waals surface area contributed by atoms with E-state index in [1.807, 2.05) is 0 Å². The van der Waals surface area contributed by atoms with Crippen LogP contribution in [0.5, 0.6) is 0 Å². The smallest absolute Gasteiger partial charge is 0.0564 e. The molecule has 0 aromatic heterocycles. The van der Waals surface area contributed by atoms with Crippen molar-refractivity contribution in [2.24, 2.45) is 5.92 Å². The quantitative estimate of drug-likeness (QED) is 0.628. The summed E-state index contributed by atoms with van der Waals surface area (Å²) in [4.78, 5) is 2.62. The number of piperidine rings is 2. The van der Waals surface area contributed by atoms with Gasteiger partial charge in [0.05, 0.1) is 6.10 Å². The molecule has 0 aromatic rings. The van der Waals surface area contributed by atoms with Gasteiger partial charge in [0, 0.05) is 25.2 Å². The van der Waals surface area contributed by atoms with Gasteiger partial charge in [0.25, 0.3) is 0 Å². The molecule has 2 saturated heterocycles. The highest BCUT2D eigenvalue weighted by Crippen LogP contribution is 2.36. The Balaban J connectivity index is 1.65. The van der Waals surface area contributed by atoms with E-state index in [-0.39, 0.29) is 6.10 Å². The van der Waals surface area contributed by atoms with Gasteiger partial charge in [0.2, 0.25) is 0 Å². The topological polar surface area (TPSA) is 35.5 Å². The Kier molecular flexibility index (Phi) is 2.26. The minimum absolute atomic E-state index is 0.0294. The first-order valence-electron chi connectivity index (χ1n) is 6.00. The lowest BCUT2D eigenvalue weighted by atomic mass is 10.00. The Morgan fingerprint density at radius 3 is 2.36 bits per heavy atom. The molecule has 0 amide bonds. The third-order valence-corrected chi connectivity index (χ3v) is 4.31. The lowest BCUT2D eigenvalue weighted by molar-refractivity contribution is 0.0546. The molecule has 0 aromatic carbocycles. The van der Waals surface area contributed by atoms with Crippen LogP contribution >= 0.6 is 0 Å². The van der Waals surface area contributed by atoms with Crippen LogP contribution in [0.2, 0.25) is 0 Å². The van der Waals surface area contributed by atoms with E-state index in [2.05, 4.69) is 10.2 Å². The Morgan fingerprint density at radius 2 is 1.86 bits per heavy atom. The van der Waals surface area contributed by atoms with E-state index in [4.69, 9.17) is 0 Å². The minimum Gasteiger partial charge on any atom is -0.393 e. The van der Waals surface area contributed by atoms with Crippen molar-refractivity contribution in [3.8, 4) is 0 Å². The van der Waals surface area contributed by atoms with E-state index in [0.717, 1.165) is 43.9 Å². The molecule has 0 spiro atoms. The summed E-state index contributed by atoms with van der Waals surface area (Å²) >= 11 is 0. The van der Waals surface area contributed by atoms with E-state index in [1.54, 1.807) is 0 Å². The average Bonchev–Trinajstić information content (AvgIpc) is 2.78. The van der Waals surface area contributed by atoms with Gasteiger partial charge >= 0.3 is 0 Å². The van der Waals surface area contributed by atoms with Crippen molar-refractivity contribution in [1.82, 2.24) is 10.2 Å². The maximum absolute atomic E-state index is 9.47. The minimum atomic E-state index is -0.0294. The highest BCUT2D eigenvalue weighted by Gasteiger charge is 2.44. The third-order valence-electron chi connectivity index (χ3n) is 4.31. The average molecular weight is 196 g/mol. The normalized spacial score (nSPS) is 44.8. The first-order chi connectivity index (χ1) is 6.84. The van der Waals surface area contributed by atoms with Crippen LogP contribution in [-0.4, -0.2) is 47.8 Å². The molecule has 3 fully saturated rings. The second-order valence-electron chi connectivity index (χ2n) is 5.11. The van der Waals surface area contributed by atoms with Crippen LogP contribution in [0.25, 0.3) is 0 Å². The van der Waals surface area contributed by atoms with Crippen molar-refractivity contribution in [2.45, 2.75) is 43.9 Å². The molecule has 0 radical (unpaired) electrons. The summed E-state index contributed by atoms with van der Waals surface area (Å²) in [6.45, 7) is 3.45. The summed E-state index contributed by atoms with van der Waals surface area (Å²) in [5.74, 6) is 0.898. The number of nitrogens with one attached hydrogen (secondary N) is 1. The summed E-state index contributed by atoms with van der Waals surface area (Å²) < 4.78 is 0. The van der Waals surface area contributed by atoms with Gasteiger partial charge in [0.15, 0.2) is 0 Å². The van der Waals surface area contributed by atoms with Gasteiger partial charge in [0.1, 0.15) is 0 Å². The second-order valence-corrected chi connectivity index (χ2v) is 5.11. The first-order valence-corrected chi connectivity index (χ1v) is 6.00. The Morgan fingerprint density at radius 1 is 1.07 bits per heavy atom. The summed E-state index contributed by atoms with van der Waals surface area (Å²) in [6.07, 6.45) is 4.72. The fourth-order valence-electron chi connectivity index (χ4n) is 3.55. The zero-order chi connectivity index (χ0) is 9.54. The first kappa shape index (κ1) is 9.13. The van der Waals surface area contributed by atoms with Crippen LogP contribution in [-0.2, 0) is 0 Å². The molecule has 2 N–H and O–H groups in total. The van der Waals surface area contributed by atoms with Crippen molar-refractivity contribution in [2.75, 3.05) is 19.6 Å². The van der Waals surface area contributed by atoms with Gasteiger partial charge in [-0.05, 0) is 38.1 Å². The van der Waals surface area contributed by atoms with E-state index in [0.29, 0.717) is 0 Å². The highest BCUT2D eigenvalue weighted by atomic mass is 16.3. The van der Waals surface area contributed by atoms with Gasteiger partial charge in [-0.2, -0.15) is 0 Å². The molecule has 3 heteroatoms. The number of likely N-dealkylation sites (tertiary alicyclic amines) is 1. The van der Waals surface area contributed by atoms with Gasteiger partial charge in [-0.15, -0.1) is 0 Å². The van der Waals surface area contributed by atoms with Crippen LogP contribution < -0.4 is 5.32 Å². The number of nitrogens with zero attached hydrogens (tertiary/aromatic N) is 1. The van der Waals surface area contributed by atoms with Gasteiger partial charge < -0.3 is 10.4 Å². The van der Waals surface area contributed by atoms with Crippen LogP contribution in [0.15, 0.2) is 0 Å². The molecule has 1 aliphatic carbocycles. The molecular formula is C11H20N2O. The Bertz CT molecular complexity index is 193. The number of fused-ring (bicyclic) bond motifs is 2. The number of hydrogen-bond donors (Lipinski definition) is 2. The second kappa shape index (κ2) is 3.47. The molecule has 80 valence electrons. The molecule has 3 nitrogen and oxygen atoms in total. The zero-order valence-electron chi connectivity index (χ0n) is 8.65. The predicted octanol–water partition coefficient (Wildman–Crippen LogP) is 0.194. The van der Waals surface area contributed by atoms with Crippen molar-refractivity contribution < 1.29 is 5.11 Å². The molecule has 1 saturated carbocycles. The van der Waals surface area contributed by atoms with Gasteiger partial charge in [-0.25, -0.2) is 0 Å². The molecular weight excluding hydrogens is 176 g/mol. The fourth-order valence-corrected chi connectivity index (χ4v) is 3.55. The van der Waals surface area contributed by atoms with Crippen molar-refractivity contribution in [3.05, 3.63) is 0 Å². The molecule has 2 bridgehead atoms. The molecule has 0 unspecified atom stereocenters. The molecule has 2 aliphatic heterocycles. The van der Waals surface area contributed by atoms with Crippen molar-refractivity contribution in [3.63, 3.8) is 0 Å². The van der Waals surface area contributed by atoms with Crippen molar-refractivity contribution in [1.29, 1.82) is 0 Å². The maximum Gasteiger partial charge on any atom is 0.0564 e. The number of aliphatic hydroxyl groups excluding tert-OH is 1. The number of rotatable bonds is 1. The van der Waals surface area contributed by atoms with Crippen LogP contribution in [0.1, 0.15) is 25.7 Å². The summed E-state index contributed by atoms with van der Waals surface area (Å²) in [5, 5.41) is 13.1. The lowest BCUT2D eigenvalue weighted by Gasteiger charge is -2.36. The van der Waals surface area contributed by atoms with Gasteiger partial charge in [-0.1, -0.05) is 0 Å².